The van der Waals surface area contributed by atoms with Crippen LogP contribution in [0.1, 0.15) is 30.9 Å². The van der Waals surface area contributed by atoms with Crippen molar-refractivity contribution >= 4 is 29.5 Å². The van der Waals surface area contributed by atoms with E-state index >= 15 is 0 Å². The Labute approximate surface area is 174 Å². The van der Waals surface area contributed by atoms with Gasteiger partial charge in [-0.3, -0.25) is 14.3 Å². The number of hydrogen-bond acceptors (Lipinski definition) is 5. The van der Waals surface area contributed by atoms with Crippen molar-refractivity contribution in [1.82, 2.24) is 19.2 Å². The number of carbonyl (C=O) groups excluding carboxylic acids is 1. The molecule has 0 aliphatic rings. The average molecular weight is 416 g/mol. The predicted octanol–water partition coefficient (Wildman–Crippen LogP) is 3.84. The molecule has 0 aliphatic heterocycles. The summed E-state index contributed by atoms with van der Waals surface area (Å²) in [5, 5.41) is 6.63. The molecule has 3 aromatic rings. The van der Waals surface area contributed by atoms with Crippen LogP contribution in [0.25, 0.3) is 10.7 Å². The Kier molecular flexibility index (Phi) is 6.43. The highest BCUT2D eigenvalue weighted by atomic mass is 32.1. The minimum atomic E-state index is -0.438. The smallest absolute Gasteiger partial charge is 0.237 e. The molecule has 0 aliphatic carbocycles. The van der Waals surface area contributed by atoms with Crippen LogP contribution in [0.15, 0.2) is 41.8 Å². The fourth-order valence-corrected chi connectivity index (χ4v) is 3.98. The summed E-state index contributed by atoms with van der Waals surface area (Å²) >= 11 is 7.12. The molecule has 0 atom stereocenters. The van der Waals surface area contributed by atoms with E-state index in [0.29, 0.717) is 23.2 Å². The second-order valence-electron chi connectivity index (χ2n) is 7.19. The number of nitrogens with zero attached hydrogens (tertiary/aromatic N) is 4. The van der Waals surface area contributed by atoms with Crippen molar-refractivity contribution in [2.45, 2.75) is 39.5 Å². The zero-order valence-electron chi connectivity index (χ0n) is 16.3. The van der Waals surface area contributed by atoms with Gasteiger partial charge in [0.15, 0.2) is 10.6 Å². The minimum absolute atomic E-state index is 0.0203. The van der Waals surface area contributed by atoms with Crippen LogP contribution in [0.3, 0.4) is 0 Å². The molecule has 2 N–H and O–H groups in total. The van der Waals surface area contributed by atoms with Gasteiger partial charge in [0.25, 0.3) is 0 Å². The zero-order valence-corrected chi connectivity index (χ0v) is 18.0. The molecule has 3 rings (SSSR count). The highest BCUT2D eigenvalue weighted by Gasteiger charge is 2.16. The van der Waals surface area contributed by atoms with Crippen molar-refractivity contribution in [2.75, 3.05) is 7.05 Å². The topological polar surface area (TPSA) is 69.1 Å². The fraction of sp³-hybridized carbons (Fsp3) is 0.350. The van der Waals surface area contributed by atoms with Crippen LogP contribution < -0.4 is 5.73 Å². The second kappa shape index (κ2) is 8.81. The molecule has 148 valence electrons. The molecule has 8 heteroatoms. The number of benzene rings is 1. The van der Waals surface area contributed by atoms with E-state index in [0.717, 1.165) is 11.4 Å². The van der Waals surface area contributed by atoms with Crippen LogP contribution >= 0.6 is 23.6 Å². The van der Waals surface area contributed by atoms with Crippen molar-refractivity contribution < 1.29 is 4.79 Å². The Bertz CT molecular complexity index is 987. The second-order valence-corrected chi connectivity index (χ2v) is 8.50. The van der Waals surface area contributed by atoms with Gasteiger partial charge in [-0.2, -0.15) is 0 Å². The van der Waals surface area contributed by atoms with Gasteiger partial charge in [-0.15, -0.1) is 16.4 Å². The molecule has 28 heavy (non-hydrogen) atoms. The van der Waals surface area contributed by atoms with Crippen molar-refractivity contribution in [3.63, 3.8) is 0 Å². The lowest BCUT2D eigenvalue weighted by Gasteiger charge is -2.17. The lowest BCUT2D eigenvalue weighted by atomic mass is 10.0. The summed E-state index contributed by atoms with van der Waals surface area (Å²) in [5.41, 5.74) is 7.97. The van der Waals surface area contributed by atoms with E-state index in [2.05, 4.69) is 48.1 Å². The first-order valence-corrected chi connectivity index (χ1v) is 10.4. The summed E-state index contributed by atoms with van der Waals surface area (Å²) in [5.74, 6) is 0.760. The van der Waals surface area contributed by atoms with Crippen LogP contribution in [0.2, 0.25) is 0 Å². The average Bonchev–Trinajstić information content (AvgIpc) is 3.26. The first kappa shape index (κ1) is 20.4. The van der Waals surface area contributed by atoms with Crippen LogP contribution in [0.4, 0.5) is 0 Å². The predicted molar refractivity (Wildman–Crippen MR) is 116 cm³/mol. The molecule has 0 bridgehead atoms. The lowest BCUT2D eigenvalue weighted by Crippen LogP contribution is -2.23. The maximum Gasteiger partial charge on any atom is 0.237 e. The van der Waals surface area contributed by atoms with Crippen LogP contribution in [0.5, 0.6) is 0 Å². The van der Waals surface area contributed by atoms with E-state index in [-0.39, 0.29) is 6.54 Å². The lowest BCUT2D eigenvalue weighted by molar-refractivity contribution is -0.118. The molecular weight excluding hydrogens is 390 g/mol. The Morgan fingerprint density at radius 3 is 2.57 bits per heavy atom. The molecule has 2 heterocycles. The van der Waals surface area contributed by atoms with Crippen LogP contribution in [-0.2, 0) is 24.6 Å². The summed E-state index contributed by atoms with van der Waals surface area (Å²) in [6.07, 6.45) is 0. The minimum Gasteiger partial charge on any atom is -0.368 e. The fourth-order valence-electron chi connectivity index (χ4n) is 3.02. The van der Waals surface area contributed by atoms with E-state index < -0.39 is 5.91 Å². The molecule has 1 aromatic carbocycles. The van der Waals surface area contributed by atoms with Gasteiger partial charge in [0.1, 0.15) is 6.54 Å². The van der Waals surface area contributed by atoms with Gasteiger partial charge in [-0.25, -0.2) is 4.68 Å². The van der Waals surface area contributed by atoms with E-state index in [9.17, 15) is 4.79 Å². The first-order chi connectivity index (χ1) is 13.3. The third-order valence-corrected chi connectivity index (χ3v) is 5.75. The third-order valence-electron chi connectivity index (χ3n) is 4.45. The number of carbonyl (C=O) groups is 1. The normalized spacial score (nSPS) is 11.5. The van der Waals surface area contributed by atoms with Gasteiger partial charge in [0.05, 0.1) is 11.5 Å². The third kappa shape index (κ3) is 4.76. The molecule has 2 aromatic heterocycles. The number of aromatic nitrogens is 3. The van der Waals surface area contributed by atoms with Crippen LogP contribution in [0, 0.1) is 4.77 Å². The quantitative estimate of drug-likeness (QED) is 0.568. The molecule has 0 radical (unpaired) electrons. The summed E-state index contributed by atoms with van der Waals surface area (Å²) in [6, 6.07) is 12.6. The van der Waals surface area contributed by atoms with E-state index in [4.69, 9.17) is 18.0 Å². The molecule has 6 nitrogen and oxygen atoms in total. The summed E-state index contributed by atoms with van der Waals surface area (Å²) in [6.45, 7) is 5.70. The number of thiophene rings is 1. The molecule has 0 unspecified atom stereocenters. The zero-order chi connectivity index (χ0) is 20.3. The maximum atomic E-state index is 11.5. The summed E-state index contributed by atoms with van der Waals surface area (Å²) < 4.78 is 3.94. The number of primary amides is 1. The van der Waals surface area contributed by atoms with E-state index in [1.54, 1.807) is 20.6 Å². The van der Waals surface area contributed by atoms with Crippen molar-refractivity contribution in [3.05, 3.63) is 57.7 Å². The summed E-state index contributed by atoms with van der Waals surface area (Å²) in [7, 11) is 2.02. The highest BCUT2D eigenvalue weighted by molar-refractivity contribution is 7.71. The van der Waals surface area contributed by atoms with Gasteiger partial charge in [0.2, 0.25) is 5.91 Å². The van der Waals surface area contributed by atoms with E-state index in [1.165, 1.54) is 11.1 Å². The van der Waals surface area contributed by atoms with Crippen molar-refractivity contribution in [3.8, 4) is 10.7 Å². The Morgan fingerprint density at radius 1 is 1.29 bits per heavy atom. The van der Waals surface area contributed by atoms with Gasteiger partial charge in [-0.1, -0.05) is 44.2 Å². The maximum absolute atomic E-state index is 11.5. The van der Waals surface area contributed by atoms with Gasteiger partial charge in [-0.05, 0) is 47.8 Å². The van der Waals surface area contributed by atoms with Crippen molar-refractivity contribution in [1.29, 1.82) is 0 Å². The standard InChI is InChI=1S/C20H25N5OS2/c1-14(2)16-8-6-15(7-9-16)11-23(3)13-25-20(27)24(12-18(21)26)19(22-25)17-5-4-10-28-17/h4-10,14H,11-13H2,1-3H3,(H2,21,26). The highest BCUT2D eigenvalue weighted by Crippen LogP contribution is 2.24. The Hall–Kier alpha value is -2.29. The van der Waals surface area contributed by atoms with Gasteiger partial charge in [0, 0.05) is 6.54 Å². The monoisotopic (exact) mass is 415 g/mol. The first-order valence-electron chi connectivity index (χ1n) is 9.12. The summed E-state index contributed by atoms with van der Waals surface area (Å²) in [4.78, 5) is 14.6. The Balaban J connectivity index is 1.79. The molecule has 1 amide bonds. The number of hydrogen-bond donors (Lipinski definition) is 1. The molecule has 0 fully saturated rings. The molecular formula is C20H25N5OS2. The molecule has 0 spiro atoms. The number of amides is 1. The Morgan fingerprint density at radius 2 is 2.00 bits per heavy atom. The SMILES string of the molecule is CC(C)c1ccc(CN(C)Cn2nc(-c3cccs3)n(CC(N)=O)c2=S)cc1. The van der Waals surface area contributed by atoms with Crippen molar-refractivity contribution in [2.24, 2.45) is 5.73 Å². The number of nitrogens with two attached hydrogens (primary N) is 1. The molecule has 0 saturated heterocycles. The van der Waals surface area contributed by atoms with Crippen LogP contribution in [-0.4, -0.2) is 32.2 Å². The molecule has 0 saturated carbocycles. The largest absolute Gasteiger partial charge is 0.368 e. The van der Waals surface area contributed by atoms with E-state index in [1.807, 2.05) is 24.6 Å². The van der Waals surface area contributed by atoms with Gasteiger partial charge >= 0.3 is 0 Å². The number of rotatable bonds is 8. The van der Waals surface area contributed by atoms with Gasteiger partial charge < -0.3 is 5.73 Å².